The highest BCUT2D eigenvalue weighted by Gasteiger charge is 2.38. The normalized spacial score (nSPS) is 24.9. The minimum atomic E-state index is -0.525. The van der Waals surface area contributed by atoms with E-state index in [0.717, 1.165) is 19.0 Å². The van der Waals surface area contributed by atoms with Gasteiger partial charge >= 0.3 is 0 Å². The van der Waals surface area contributed by atoms with Crippen LogP contribution in [0.4, 0.5) is 10.2 Å². The van der Waals surface area contributed by atoms with Crippen molar-refractivity contribution in [3.8, 4) is 0 Å². The van der Waals surface area contributed by atoms with Gasteiger partial charge in [-0.2, -0.15) is 0 Å². The minimum Gasteiger partial charge on any atom is -0.376 e. The highest BCUT2D eigenvalue weighted by atomic mass is 19.1. The molecule has 1 saturated heterocycles. The zero-order valence-corrected chi connectivity index (χ0v) is 12.7. The molecule has 2 heterocycles. The predicted octanol–water partition coefficient (Wildman–Crippen LogP) is 2.34. The lowest BCUT2D eigenvalue weighted by Crippen LogP contribution is -2.50. The van der Waals surface area contributed by atoms with Crippen LogP contribution in [0.5, 0.6) is 0 Å². The average molecular weight is 295 g/mol. The van der Waals surface area contributed by atoms with E-state index in [9.17, 15) is 9.18 Å². The SMILES string of the molecule is CCCNc1ncc(F)cc1C(=O)NC1(C)CCOC1C. The van der Waals surface area contributed by atoms with Crippen molar-refractivity contribution in [3.63, 3.8) is 0 Å². The maximum atomic E-state index is 13.4. The fourth-order valence-corrected chi connectivity index (χ4v) is 2.32. The van der Waals surface area contributed by atoms with Crippen molar-refractivity contribution >= 4 is 11.7 Å². The topological polar surface area (TPSA) is 63.2 Å². The molecule has 2 N–H and O–H groups in total. The Labute approximate surface area is 124 Å². The molecule has 1 aliphatic heterocycles. The van der Waals surface area contributed by atoms with Gasteiger partial charge in [-0.05, 0) is 32.8 Å². The smallest absolute Gasteiger partial charge is 0.255 e. The summed E-state index contributed by atoms with van der Waals surface area (Å²) in [5, 5.41) is 6.00. The van der Waals surface area contributed by atoms with Crippen molar-refractivity contribution in [2.24, 2.45) is 0 Å². The minimum absolute atomic E-state index is 0.0741. The number of rotatable bonds is 5. The van der Waals surface area contributed by atoms with Gasteiger partial charge in [-0.25, -0.2) is 9.37 Å². The van der Waals surface area contributed by atoms with Gasteiger partial charge in [0, 0.05) is 13.2 Å². The summed E-state index contributed by atoms with van der Waals surface area (Å²) >= 11 is 0. The molecule has 116 valence electrons. The molecule has 0 spiro atoms. The maximum absolute atomic E-state index is 13.4. The molecule has 0 radical (unpaired) electrons. The van der Waals surface area contributed by atoms with Crippen molar-refractivity contribution < 1.29 is 13.9 Å². The van der Waals surface area contributed by atoms with E-state index < -0.39 is 11.4 Å². The van der Waals surface area contributed by atoms with Crippen molar-refractivity contribution in [2.75, 3.05) is 18.5 Å². The van der Waals surface area contributed by atoms with Gasteiger partial charge in [0.25, 0.3) is 5.91 Å². The van der Waals surface area contributed by atoms with E-state index in [0.29, 0.717) is 19.0 Å². The molecule has 1 amide bonds. The third-order valence-electron chi connectivity index (χ3n) is 3.93. The molecule has 0 saturated carbocycles. The quantitative estimate of drug-likeness (QED) is 0.875. The van der Waals surface area contributed by atoms with Crippen LogP contribution in [0.2, 0.25) is 0 Å². The molecular formula is C15H22FN3O2. The van der Waals surface area contributed by atoms with Crippen LogP contribution >= 0.6 is 0 Å². The van der Waals surface area contributed by atoms with E-state index in [1.165, 1.54) is 6.07 Å². The van der Waals surface area contributed by atoms with Crippen LogP contribution < -0.4 is 10.6 Å². The number of aromatic nitrogens is 1. The number of amides is 1. The zero-order chi connectivity index (χ0) is 15.5. The molecule has 21 heavy (non-hydrogen) atoms. The first-order chi connectivity index (χ1) is 9.96. The second kappa shape index (κ2) is 6.39. The summed E-state index contributed by atoms with van der Waals surface area (Å²) in [6.45, 7) is 7.16. The highest BCUT2D eigenvalue weighted by molar-refractivity contribution is 5.99. The largest absolute Gasteiger partial charge is 0.376 e. The molecule has 1 aromatic rings. The van der Waals surface area contributed by atoms with E-state index in [1.807, 2.05) is 20.8 Å². The maximum Gasteiger partial charge on any atom is 0.255 e. The second-order valence-corrected chi connectivity index (χ2v) is 5.61. The standard InChI is InChI=1S/C15H22FN3O2/c1-4-6-17-13-12(8-11(16)9-18-13)14(20)19-15(3)5-7-21-10(15)2/h8-10H,4-7H2,1-3H3,(H,17,18)(H,19,20). The van der Waals surface area contributed by atoms with E-state index in [1.54, 1.807) is 0 Å². The molecule has 0 aromatic carbocycles. The Hall–Kier alpha value is -1.69. The number of nitrogens with zero attached hydrogens (tertiary/aromatic N) is 1. The lowest BCUT2D eigenvalue weighted by atomic mass is 9.94. The number of carbonyl (C=O) groups excluding carboxylic acids is 1. The number of nitrogens with one attached hydrogen (secondary N) is 2. The molecule has 5 nitrogen and oxygen atoms in total. The second-order valence-electron chi connectivity index (χ2n) is 5.61. The van der Waals surface area contributed by atoms with E-state index in [2.05, 4.69) is 15.6 Å². The Balaban J connectivity index is 2.19. The van der Waals surface area contributed by atoms with Gasteiger partial charge in [0.05, 0.1) is 23.4 Å². The van der Waals surface area contributed by atoms with Crippen molar-refractivity contribution in [1.29, 1.82) is 0 Å². The highest BCUT2D eigenvalue weighted by Crippen LogP contribution is 2.26. The van der Waals surface area contributed by atoms with Gasteiger partial charge in [0.2, 0.25) is 0 Å². The van der Waals surface area contributed by atoms with Crippen LogP contribution in [0.1, 0.15) is 44.0 Å². The number of anilines is 1. The van der Waals surface area contributed by atoms with Crippen molar-refractivity contribution in [1.82, 2.24) is 10.3 Å². The van der Waals surface area contributed by atoms with Crippen LogP contribution in [0.25, 0.3) is 0 Å². The Morgan fingerprint density at radius 1 is 1.62 bits per heavy atom. The summed E-state index contributed by atoms with van der Waals surface area (Å²) in [4.78, 5) is 16.4. The zero-order valence-electron chi connectivity index (χ0n) is 12.7. The van der Waals surface area contributed by atoms with Crippen LogP contribution in [-0.2, 0) is 4.74 Å². The van der Waals surface area contributed by atoms with Gasteiger partial charge < -0.3 is 15.4 Å². The van der Waals surface area contributed by atoms with Crippen molar-refractivity contribution in [3.05, 3.63) is 23.6 Å². The lowest BCUT2D eigenvalue weighted by Gasteiger charge is -2.29. The first-order valence-corrected chi connectivity index (χ1v) is 7.30. The summed E-state index contributed by atoms with van der Waals surface area (Å²) < 4.78 is 18.9. The van der Waals surface area contributed by atoms with Gasteiger partial charge in [-0.1, -0.05) is 6.92 Å². The Bertz CT molecular complexity index is 524. The number of halogens is 1. The lowest BCUT2D eigenvalue weighted by molar-refractivity contribution is 0.0727. The van der Waals surface area contributed by atoms with Crippen LogP contribution in [-0.4, -0.2) is 35.7 Å². The number of ether oxygens (including phenoxy) is 1. The molecular weight excluding hydrogens is 273 g/mol. The molecule has 6 heteroatoms. The fourth-order valence-electron chi connectivity index (χ4n) is 2.32. The Morgan fingerprint density at radius 3 is 3.00 bits per heavy atom. The molecule has 1 fully saturated rings. The summed E-state index contributed by atoms with van der Waals surface area (Å²) in [5.74, 6) is -0.450. The summed E-state index contributed by atoms with van der Waals surface area (Å²) in [6.07, 6.45) is 2.66. The van der Waals surface area contributed by atoms with E-state index >= 15 is 0 Å². The fraction of sp³-hybridized carbons (Fsp3) is 0.600. The third kappa shape index (κ3) is 3.50. The Kier molecular flexibility index (Phi) is 4.77. The number of pyridine rings is 1. The molecule has 1 aromatic heterocycles. The third-order valence-corrected chi connectivity index (χ3v) is 3.93. The van der Waals surface area contributed by atoms with Crippen LogP contribution in [0.3, 0.4) is 0 Å². The van der Waals surface area contributed by atoms with Gasteiger partial charge in [0.15, 0.2) is 0 Å². The van der Waals surface area contributed by atoms with Gasteiger partial charge in [0.1, 0.15) is 11.6 Å². The predicted molar refractivity (Wildman–Crippen MR) is 78.9 cm³/mol. The van der Waals surface area contributed by atoms with Gasteiger partial charge in [-0.3, -0.25) is 4.79 Å². The monoisotopic (exact) mass is 295 g/mol. The Morgan fingerprint density at radius 2 is 2.38 bits per heavy atom. The molecule has 2 rings (SSSR count). The number of carbonyl (C=O) groups is 1. The number of hydrogen-bond donors (Lipinski definition) is 2. The summed E-state index contributed by atoms with van der Waals surface area (Å²) in [7, 11) is 0. The number of hydrogen-bond acceptors (Lipinski definition) is 4. The van der Waals surface area contributed by atoms with Crippen LogP contribution in [0.15, 0.2) is 12.3 Å². The van der Waals surface area contributed by atoms with Crippen molar-refractivity contribution in [2.45, 2.75) is 45.3 Å². The molecule has 0 aliphatic carbocycles. The molecule has 2 unspecified atom stereocenters. The summed E-state index contributed by atoms with van der Waals surface area (Å²) in [6, 6.07) is 1.21. The van der Waals surface area contributed by atoms with E-state index in [-0.39, 0.29) is 17.6 Å². The summed E-state index contributed by atoms with van der Waals surface area (Å²) in [5.41, 5.74) is -0.213. The van der Waals surface area contributed by atoms with Gasteiger partial charge in [-0.15, -0.1) is 0 Å². The first kappa shape index (κ1) is 15.7. The molecule has 2 atom stereocenters. The van der Waals surface area contributed by atoms with E-state index in [4.69, 9.17) is 4.74 Å². The molecule has 0 bridgehead atoms. The van der Waals surface area contributed by atoms with Crippen LogP contribution in [0, 0.1) is 5.82 Å². The average Bonchev–Trinajstić information content (AvgIpc) is 2.77. The molecule has 1 aliphatic rings. The first-order valence-electron chi connectivity index (χ1n) is 7.30.